The topological polar surface area (TPSA) is 93.2 Å². The first kappa shape index (κ1) is 15.8. The lowest BCUT2D eigenvalue weighted by molar-refractivity contribution is -0.118. The zero-order valence-corrected chi connectivity index (χ0v) is 13.9. The van der Waals surface area contributed by atoms with Crippen LogP contribution < -0.4 is 15.4 Å². The largest absolute Gasteiger partial charge is 0.482 e. The number of carbonyl (C=O) groups is 2. The molecule has 120 valence electrons. The molecule has 1 aromatic heterocycles. The summed E-state index contributed by atoms with van der Waals surface area (Å²) in [5.74, 6) is 0.571. The first-order valence-corrected chi connectivity index (χ1v) is 8.76. The number of ketones is 1. The number of Topliss-reactive ketones (excluding diaryl/α,β-unsaturated/α-hetero) is 1. The standard InChI is InChI=1S/C14H14N4O3S2/c1-2-15-13-17-18-14(23-13)22-7-10(19)8-3-4-11-9(5-8)16-12(20)6-21-11/h3-5H,2,6-7H2,1H3,(H,15,17)(H,16,20). The van der Waals surface area contributed by atoms with Crippen molar-refractivity contribution in [2.24, 2.45) is 0 Å². The molecule has 1 aliphatic rings. The maximum atomic E-state index is 12.3. The van der Waals surface area contributed by atoms with Crippen LogP contribution in [-0.2, 0) is 4.79 Å². The minimum absolute atomic E-state index is 0.00131. The number of anilines is 2. The first-order chi connectivity index (χ1) is 11.2. The van der Waals surface area contributed by atoms with Gasteiger partial charge in [0.25, 0.3) is 5.91 Å². The highest BCUT2D eigenvalue weighted by Gasteiger charge is 2.18. The number of thioether (sulfide) groups is 1. The van der Waals surface area contributed by atoms with Gasteiger partial charge in [0.2, 0.25) is 5.13 Å². The second kappa shape index (κ2) is 6.97. The van der Waals surface area contributed by atoms with Crippen LogP contribution in [0.3, 0.4) is 0 Å². The summed E-state index contributed by atoms with van der Waals surface area (Å²) >= 11 is 2.76. The van der Waals surface area contributed by atoms with E-state index in [0.717, 1.165) is 16.0 Å². The van der Waals surface area contributed by atoms with Crippen LogP contribution in [0, 0.1) is 0 Å². The number of aromatic nitrogens is 2. The number of nitrogens with zero attached hydrogens (tertiary/aromatic N) is 2. The Balaban J connectivity index is 1.63. The number of ether oxygens (including phenoxy) is 1. The monoisotopic (exact) mass is 350 g/mol. The number of benzene rings is 1. The van der Waals surface area contributed by atoms with Crippen molar-refractivity contribution in [3.8, 4) is 5.75 Å². The molecule has 0 spiro atoms. The molecular formula is C14H14N4O3S2. The lowest BCUT2D eigenvalue weighted by Crippen LogP contribution is -2.25. The predicted octanol–water partition coefficient (Wildman–Crippen LogP) is 2.28. The molecule has 0 aliphatic carbocycles. The minimum Gasteiger partial charge on any atom is -0.482 e. The van der Waals surface area contributed by atoms with Crippen LogP contribution in [0.1, 0.15) is 17.3 Å². The zero-order chi connectivity index (χ0) is 16.2. The molecule has 0 saturated carbocycles. The van der Waals surface area contributed by atoms with E-state index in [4.69, 9.17) is 4.74 Å². The molecule has 0 atom stereocenters. The van der Waals surface area contributed by atoms with E-state index in [1.165, 1.54) is 23.1 Å². The van der Waals surface area contributed by atoms with Crippen LogP contribution in [0.2, 0.25) is 0 Å². The van der Waals surface area contributed by atoms with Crippen LogP contribution in [0.25, 0.3) is 0 Å². The summed E-state index contributed by atoms with van der Waals surface area (Å²) in [6.07, 6.45) is 0. The van der Waals surface area contributed by atoms with Crippen molar-refractivity contribution in [2.45, 2.75) is 11.3 Å². The van der Waals surface area contributed by atoms with Gasteiger partial charge in [0, 0.05) is 12.1 Å². The number of hydrogen-bond acceptors (Lipinski definition) is 8. The number of carbonyl (C=O) groups excluding carboxylic acids is 2. The molecule has 0 unspecified atom stereocenters. The summed E-state index contributed by atoms with van der Waals surface area (Å²) in [5, 5.41) is 14.5. The van der Waals surface area contributed by atoms with Crippen LogP contribution in [0.5, 0.6) is 5.75 Å². The molecule has 2 heterocycles. The van der Waals surface area contributed by atoms with E-state index in [-0.39, 0.29) is 24.1 Å². The van der Waals surface area contributed by atoms with E-state index >= 15 is 0 Å². The van der Waals surface area contributed by atoms with Crippen molar-refractivity contribution in [1.29, 1.82) is 0 Å². The Kier molecular flexibility index (Phi) is 4.77. The van der Waals surface area contributed by atoms with E-state index in [0.29, 0.717) is 17.0 Å². The summed E-state index contributed by atoms with van der Waals surface area (Å²) in [4.78, 5) is 23.6. The van der Waals surface area contributed by atoms with Crippen molar-refractivity contribution in [3.05, 3.63) is 23.8 Å². The second-order valence-corrected chi connectivity index (χ2v) is 6.86. The molecule has 3 rings (SSSR count). The zero-order valence-electron chi connectivity index (χ0n) is 12.3. The quantitative estimate of drug-likeness (QED) is 0.610. The smallest absolute Gasteiger partial charge is 0.262 e. The fourth-order valence-corrected chi connectivity index (χ4v) is 3.67. The van der Waals surface area contributed by atoms with Gasteiger partial charge in [-0.1, -0.05) is 23.1 Å². The molecule has 1 amide bonds. The highest BCUT2D eigenvalue weighted by molar-refractivity contribution is 8.01. The summed E-state index contributed by atoms with van der Waals surface area (Å²) in [6, 6.07) is 5.03. The molecule has 2 aromatic rings. The Morgan fingerprint density at radius 1 is 1.48 bits per heavy atom. The number of rotatable bonds is 6. The van der Waals surface area contributed by atoms with E-state index in [2.05, 4.69) is 20.8 Å². The van der Waals surface area contributed by atoms with Crippen LogP contribution in [-0.4, -0.2) is 40.8 Å². The molecule has 9 heteroatoms. The molecule has 0 saturated heterocycles. The highest BCUT2D eigenvalue weighted by atomic mass is 32.2. The number of fused-ring (bicyclic) bond motifs is 1. The van der Waals surface area contributed by atoms with Gasteiger partial charge in [-0.05, 0) is 25.1 Å². The van der Waals surface area contributed by atoms with Crippen molar-refractivity contribution in [1.82, 2.24) is 10.2 Å². The molecule has 7 nitrogen and oxygen atoms in total. The van der Waals surface area contributed by atoms with Crippen molar-refractivity contribution >= 4 is 45.6 Å². The Labute approximate surface area is 140 Å². The highest BCUT2D eigenvalue weighted by Crippen LogP contribution is 2.30. The second-order valence-electron chi connectivity index (χ2n) is 4.66. The van der Waals surface area contributed by atoms with Crippen LogP contribution >= 0.6 is 23.1 Å². The Bertz CT molecular complexity index is 747. The van der Waals surface area contributed by atoms with Crippen LogP contribution in [0.4, 0.5) is 10.8 Å². The summed E-state index contributed by atoms with van der Waals surface area (Å²) < 4.78 is 6.01. The average molecular weight is 350 g/mol. The molecular weight excluding hydrogens is 336 g/mol. The van der Waals surface area contributed by atoms with Gasteiger partial charge in [-0.2, -0.15) is 0 Å². The van der Waals surface area contributed by atoms with Gasteiger partial charge in [0.1, 0.15) is 5.75 Å². The van der Waals surface area contributed by atoms with Gasteiger partial charge in [-0.15, -0.1) is 10.2 Å². The summed E-state index contributed by atoms with van der Waals surface area (Å²) in [5.41, 5.74) is 1.06. The first-order valence-electron chi connectivity index (χ1n) is 6.96. The Hall–Kier alpha value is -2.13. The van der Waals surface area contributed by atoms with Crippen molar-refractivity contribution < 1.29 is 14.3 Å². The summed E-state index contributed by atoms with van der Waals surface area (Å²) in [7, 11) is 0. The maximum absolute atomic E-state index is 12.3. The Morgan fingerprint density at radius 3 is 3.17 bits per heavy atom. The number of amides is 1. The third-order valence-corrected chi connectivity index (χ3v) is 5.01. The van der Waals surface area contributed by atoms with E-state index in [1.807, 2.05) is 6.92 Å². The molecule has 1 aliphatic heterocycles. The predicted molar refractivity (Wildman–Crippen MR) is 89.7 cm³/mol. The fourth-order valence-electron chi connectivity index (χ4n) is 1.96. The lowest BCUT2D eigenvalue weighted by Gasteiger charge is -2.18. The third kappa shape index (κ3) is 3.80. The van der Waals surface area contributed by atoms with E-state index in [9.17, 15) is 9.59 Å². The van der Waals surface area contributed by atoms with Gasteiger partial charge >= 0.3 is 0 Å². The van der Waals surface area contributed by atoms with Gasteiger partial charge in [-0.3, -0.25) is 9.59 Å². The normalized spacial score (nSPS) is 13.0. The van der Waals surface area contributed by atoms with Gasteiger partial charge in [0.15, 0.2) is 16.7 Å². The molecule has 0 bridgehead atoms. The summed E-state index contributed by atoms with van der Waals surface area (Å²) in [6.45, 7) is 2.76. The van der Waals surface area contributed by atoms with Crippen molar-refractivity contribution in [3.63, 3.8) is 0 Å². The SMILES string of the molecule is CCNc1nnc(SCC(=O)c2ccc3c(c2)NC(=O)CO3)s1. The van der Waals surface area contributed by atoms with Crippen molar-refractivity contribution in [2.75, 3.05) is 29.5 Å². The fraction of sp³-hybridized carbons (Fsp3) is 0.286. The molecule has 23 heavy (non-hydrogen) atoms. The third-order valence-electron chi connectivity index (χ3n) is 3.00. The van der Waals surface area contributed by atoms with Crippen LogP contribution in [0.15, 0.2) is 22.5 Å². The van der Waals surface area contributed by atoms with Gasteiger partial charge in [-0.25, -0.2) is 0 Å². The van der Waals surface area contributed by atoms with Gasteiger partial charge < -0.3 is 15.4 Å². The molecule has 1 aromatic carbocycles. The molecule has 0 fully saturated rings. The Morgan fingerprint density at radius 2 is 2.35 bits per heavy atom. The maximum Gasteiger partial charge on any atom is 0.262 e. The molecule has 0 radical (unpaired) electrons. The number of nitrogens with one attached hydrogen (secondary N) is 2. The van der Waals surface area contributed by atoms with E-state index in [1.54, 1.807) is 18.2 Å². The average Bonchev–Trinajstić information content (AvgIpc) is 3.00. The molecule has 2 N–H and O–H groups in total. The van der Waals surface area contributed by atoms with E-state index < -0.39 is 0 Å². The van der Waals surface area contributed by atoms with Gasteiger partial charge in [0.05, 0.1) is 11.4 Å². The lowest BCUT2D eigenvalue weighted by atomic mass is 10.1. The number of hydrogen-bond donors (Lipinski definition) is 2. The minimum atomic E-state index is -0.221.